The zero-order valence-corrected chi connectivity index (χ0v) is 18.3. The summed E-state index contributed by atoms with van der Waals surface area (Å²) in [6.45, 7) is 7.78. The van der Waals surface area contributed by atoms with Gasteiger partial charge in [-0.15, -0.1) is 6.58 Å². The molecule has 0 aliphatic heterocycles. The van der Waals surface area contributed by atoms with Crippen molar-refractivity contribution in [3.63, 3.8) is 0 Å². The van der Waals surface area contributed by atoms with E-state index in [1.807, 2.05) is 37.3 Å². The number of amides is 2. The number of phenols is 1. The molecular weight excluding hydrogens is 410 g/mol. The van der Waals surface area contributed by atoms with Gasteiger partial charge in [0.15, 0.2) is 11.5 Å². The Labute approximate surface area is 187 Å². The van der Waals surface area contributed by atoms with Crippen LogP contribution >= 0.6 is 0 Å². The number of carbonyl (C=O) groups is 2. The summed E-state index contributed by atoms with van der Waals surface area (Å²) in [5, 5.41) is 16.9. The zero-order valence-electron chi connectivity index (χ0n) is 18.3. The molecule has 3 N–H and O–H groups in total. The molecule has 0 radical (unpaired) electrons. The van der Waals surface area contributed by atoms with Crippen LogP contribution in [0.25, 0.3) is 0 Å². The molecular formula is C24H29N3O5. The highest BCUT2D eigenvalue weighted by atomic mass is 16.5. The van der Waals surface area contributed by atoms with Crippen LogP contribution in [0.5, 0.6) is 11.5 Å². The Morgan fingerprint density at radius 3 is 2.59 bits per heavy atom. The van der Waals surface area contributed by atoms with Gasteiger partial charge in [-0.25, -0.2) is 10.2 Å². The Morgan fingerprint density at radius 2 is 1.94 bits per heavy atom. The first-order valence-electron chi connectivity index (χ1n) is 10.4. The molecule has 0 spiro atoms. The number of nitrogens with zero attached hydrogens (tertiary/aromatic N) is 1. The molecule has 0 saturated carbocycles. The summed E-state index contributed by atoms with van der Waals surface area (Å²) in [7, 11) is 0. The molecule has 8 heteroatoms. The van der Waals surface area contributed by atoms with Gasteiger partial charge in [0.2, 0.25) is 0 Å². The van der Waals surface area contributed by atoms with E-state index in [1.54, 1.807) is 25.1 Å². The quantitative estimate of drug-likeness (QED) is 0.283. The monoisotopic (exact) mass is 439 g/mol. The lowest BCUT2D eigenvalue weighted by atomic mass is 10.1. The third-order valence-corrected chi connectivity index (χ3v) is 4.40. The van der Waals surface area contributed by atoms with E-state index < -0.39 is 18.0 Å². The van der Waals surface area contributed by atoms with Gasteiger partial charge in [0, 0.05) is 12.0 Å². The third-order valence-electron chi connectivity index (χ3n) is 4.40. The molecule has 170 valence electrons. The van der Waals surface area contributed by atoms with Crippen molar-refractivity contribution in [2.45, 2.75) is 32.7 Å². The Morgan fingerprint density at radius 1 is 1.19 bits per heavy atom. The number of nitrogens with one attached hydrogen (secondary N) is 2. The Kier molecular flexibility index (Phi) is 9.77. The van der Waals surface area contributed by atoms with Gasteiger partial charge < -0.3 is 19.9 Å². The maximum atomic E-state index is 12.7. The van der Waals surface area contributed by atoms with Crippen molar-refractivity contribution in [2.75, 3.05) is 13.2 Å². The summed E-state index contributed by atoms with van der Waals surface area (Å²) in [4.78, 5) is 24.6. The Hall–Kier alpha value is -3.81. The first kappa shape index (κ1) is 24.5. The van der Waals surface area contributed by atoms with Gasteiger partial charge in [-0.3, -0.25) is 4.79 Å². The standard InChI is InChI=1S/C24H29N3O5/c1-4-10-19-13-18(15-21(22(19)28)31-5-2)16-25-27-23(29)20(26-24(30)32-6-3)14-17-11-8-7-9-12-17/h4,7-9,11-13,15-16,20,28H,1,5-6,10,14H2,2-3H3,(H,26,30)(H,27,29)/b25-16-/t20-/m1/s1. The van der Waals surface area contributed by atoms with Crippen LogP contribution in [0.3, 0.4) is 0 Å². The van der Waals surface area contributed by atoms with E-state index in [4.69, 9.17) is 9.47 Å². The molecule has 0 bridgehead atoms. The minimum absolute atomic E-state index is 0.0505. The van der Waals surface area contributed by atoms with Crippen LogP contribution in [0.2, 0.25) is 0 Å². The highest BCUT2D eigenvalue weighted by Gasteiger charge is 2.21. The minimum atomic E-state index is -0.872. The van der Waals surface area contributed by atoms with Crippen LogP contribution in [0.15, 0.2) is 60.2 Å². The molecule has 2 amide bonds. The molecule has 8 nitrogen and oxygen atoms in total. The van der Waals surface area contributed by atoms with Crippen molar-refractivity contribution in [3.05, 3.63) is 71.8 Å². The number of allylic oxidation sites excluding steroid dienone is 1. The predicted molar refractivity (Wildman–Crippen MR) is 123 cm³/mol. The number of rotatable bonds is 11. The summed E-state index contributed by atoms with van der Waals surface area (Å²) in [6, 6.07) is 11.8. The van der Waals surface area contributed by atoms with E-state index in [0.717, 1.165) is 5.56 Å². The van der Waals surface area contributed by atoms with E-state index in [1.165, 1.54) is 6.21 Å². The van der Waals surface area contributed by atoms with Crippen molar-refractivity contribution < 1.29 is 24.2 Å². The Bertz CT molecular complexity index is 944. The number of hydrogen-bond acceptors (Lipinski definition) is 6. The van der Waals surface area contributed by atoms with Gasteiger partial charge in [-0.1, -0.05) is 36.4 Å². The number of hydrogen-bond donors (Lipinski definition) is 3. The summed E-state index contributed by atoms with van der Waals surface area (Å²) >= 11 is 0. The lowest BCUT2D eigenvalue weighted by Gasteiger charge is -2.17. The van der Waals surface area contributed by atoms with Crippen molar-refractivity contribution in [2.24, 2.45) is 5.10 Å². The maximum absolute atomic E-state index is 12.7. The highest BCUT2D eigenvalue weighted by Crippen LogP contribution is 2.31. The second-order valence-corrected chi connectivity index (χ2v) is 6.79. The topological polar surface area (TPSA) is 109 Å². The van der Waals surface area contributed by atoms with Crippen molar-refractivity contribution >= 4 is 18.2 Å². The number of carbonyl (C=O) groups excluding carboxylic acids is 2. The van der Waals surface area contributed by atoms with Crippen molar-refractivity contribution in [1.82, 2.24) is 10.7 Å². The molecule has 0 aromatic heterocycles. The third kappa shape index (κ3) is 7.46. The van der Waals surface area contributed by atoms with Gasteiger partial charge in [-0.05, 0) is 43.5 Å². The van der Waals surface area contributed by atoms with E-state index in [-0.39, 0.29) is 18.8 Å². The molecule has 2 aromatic carbocycles. The Balaban J connectivity index is 2.15. The average Bonchev–Trinajstić information content (AvgIpc) is 2.77. The molecule has 0 aliphatic carbocycles. The first-order chi connectivity index (χ1) is 15.5. The van der Waals surface area contributed by atoms with E-state index in [0.29, 0.717) is 29.9 Å². The summed E-state index contributed by atoms with van der Waals surface area (Å²) in [5.41, 5.74) is 4.59. The van der Waals surface area contributed by atoms with Gasteiger partial charge in [0.1, 0.15) is 6.04 Å². The number of benzene rings is 2. The van der Waals surface area contributed by atoms with Gasteiger partial charge in [0.05, 0.1) is 19.4 Å². The second kappa shape index (κ2) is 12.8. The van der Waals surface area contributed by atoms with Crippen molar-refractivity contribution in [3.8, 4) is 11.5 Å². The first-order valence-corrected chi connectivity index (χ1v) is 10.4. The SMILES string of the molecule is C=CCc1cc(/C=N\NC(=O)[C@@H](Cc2ccccc2)NC(=O)OCC)cc(OCC)c1O. The largest absolute Gasteiger partial charge is 0.504 e. The average molecular weight is 440 g/mol. The molecule has 0 aliphatic rings. The predicted octanol–water partition coefficient (Wildman–Crippen LogP) is 3.33. The second-order valence-electron chi connectivity index (χ2n) is 6.79. The van der Waals surface area contributed by atoms with Crippen LogP contribution in [0, 0.1) is 0 Å². The van der Waals surface area contributed by atoms with E-state index >= 15 is 0 Å². The number of aromatic hydroxyl groups is 1. The number of phenolic OH excluding ortho intramolecular Hbond substituents is 1. The molecule has 2 rings (SSSR count). The van der Waals surface area contributed by atoms with Gasteiger partial charge in [-0.2, -0.15) is 5.10 Å². The zero-order chi connectivity index (χ0) is 23.3. The summed E-state index contributed by atoms with van der Waals surface area (Å²) in [6.07, 6.45) is 3.15. The maximum Gasteiger partial charge on any atom is 0.407 e. The van der Waals surface area contributed by atoms with E-state index in [9.17, 15) is 14.7 Å². The lowest BCUT2D eigenvalue weighted by molar-refractivity contribution is -0.123. The smallest absolute Gasteiger partial charge is 0.407 e. The van der Waals surface area contributed by atoms with Crippen LogP contribution in [-0.4, -0.2) is 42.6 Å². The van der Waals surface area contributed by atoms with Crippen LogP contribution < -0.4 is 15.5 Å². The number of hydrazone groups is 1. The van der Waals surface area contributed by atoms with Crippen LogP contribution in [0.4, 0.5) is 4.79 Å². The fourth-order valence-corrected chi connectivity index (χ4v) is 2.96. The highest BCUT2D eigenvalue weighted by molar-refractivity contribution is 5.88. The molecule has 2 aromatic rings. The number of ether oxygens (including phenoxy) is 2. The summed E-state index contributed by atoms with van der Waals surface area (Å²) < 4.78 is 10.4. The lowest BCUT2D eigenvalue weighted by Crippen LogP contribution is -2.47. The fourth-order valence-electron chi connectivity index (χ4n) is 2.96. The minimum Gasteiger partial charge on any atom is -0.504 e. The molecule has 0 unspecified atom stereocenters. The van der Waals surface area contributed by atoms with E-state index in [2.05, 4.69) is 22.4 Å². The number of alkyl carbamates (subject to hydrolysis) is 1. The fraction of sp³-hybridized carbons (Fsp3) is 0.292. The van der Waals surface area contributed by atoms with Crippen LogP contribution in [-0.2, 0) is 22.4 Å². The molecule has 0 heterocycles. The molecule has 1 atom stereocenters. The van der Waals surface area contributed by atoms with Gasteiger partial charge >= 0.3 is 6.09 Å². The summed E-state index contributed by atoms with van der Waals surface area (Å²) in [5.74, 6) is -0.117. The van der Waals surface area contributed by atoms with Gasteiger partial charge in [0.25, 0.3) is 5.91 Å². The molecule has 32 heavy (non-hydrogen) atoms. The van der Waals surface area contributed by atoms with Crippen LogP contribution in [0.1, 0.15) is 30.5 Å². The molecule has 0 fully saturated rings. The molecule has 0 saturated heterocycles. The van der Waals surface area contributed by atoms with Crippen molar-refractivity contribution in [1.29, 1.82) is 0 Å². The normalized spacial score (nSPS) is 11.6.